The molecule has 0 aromatic heterocycles. The molecule has 0 radical (unpaired) electrons. The predicted octanol–water partition coefficient (Wildman–Crippen LogP) is 10.0. The van der Waals surface area contributed by atoms with E-state index in [1.54, 1.807) is 0 Å². The maximum atomic E-state index is 6.16. The highest BCUT2D eigenvalue weighted by Crippen LogP contribution is 2.56. The maximum Gasteiger partial charge on any atom is 0.120 e. The first-order valence-electron chi connectivity index (χ1n) is 19.9. The van der Waals surface area contributed by atoms with E-state index in [1.807, 2.05) is 0 Å². The Bertz CT molecular complexity index is 2130. The first kappa shape index (κ1) is 35.9. The lowest BCUT2D eigenvalue weighted by Gasteiger charge is -2.40. The molecule has 6 aromatic rings. The van der Waals surface area contributed by atoms with E-state index in [-0.39, 0.29) is 10.8 Å². The third-order valence-corrected chi connectivity index (χ3v) is 12.4. The Labute approximate surface area is 324 Å². The lowest BCUT2D eigenvalue weighted by molar-refractivity contribution is -0.151. The van der Waals surface area contributed by atoms with Crippen molar-refractivity contribution in [3.63, 3.8) is 0 Å². The quantitative estimate of drug-likeness (QED) is 0.0922. The van der Waals surface area contributed by atoms with Crippen molar-refractivity contribution >= 4 is 21.5 Å². The molecule has 2 saturated heterocycles. The van der Waals surface area contributed by atoms with Crippen LogP contribution in [0.3, 0.4) is 0 Å². The molecule has 2 fully saturated rings. The normalized spacial score (nSPS) is 17.3. The zero-order chi connectivity index (χ0) is 37.3. The number of ether oxygens (including phenoxy) is 6. The van der Waals surface area contributed by atoms with E-state index >= 15 is 0 Å². The largest absolute Gasteiger partial charge is 0.491 e. The Balaban J connectivity index is 0.990. The van der Waals surface area contributed by atoms with Gasteiger partial charge in [0.25, 0.3) is 0 Å². The van der Waals surface area contributed by atoms with E-state index in [2.05, 4.69) is 135 Å². The molecule has 2 aliphatic heterocycles. The summed E-state index contributed by atoms with van der Waals surface area (Å²) >= 11 is 0. The van der Waals surface area contributed by atoms with E-state index < -0.39 is 5.41 Å². The van der Waals surface area contributed by atoms with Crippen LogP contribution in [0, 0.1) is 10.8 Å². The predicted molar refractivity (Wildman–Crippen MR) is 218 cm³/mol. The Hall–Kier alpha value is -4.72. The Morgan fingerprint density at radius 1 is 0.473 bits per heavy atom. The summed E-state index contributed by atoms with van der Waals surface area (Å²) < 4.78 is 35.1. The highest BCUT2D eigenvalue weighted by molar-refractivity contribution is 5.92. The molecule has 0 atom stereocenters. The van der Waals surface area contributed by atoms with E-state index in [0.29, 0.717) is 26.4 Å². The highest BCUT2D eigenvalue weighted by Gasteiger charge is 2.46. The highest BCUT2D eigenvalue weighted by atomic mass is 16.5. The zero-order valence-electron chi connectivity index (χ0n) is 32.0. The molecule has 2 heterocycles. The van der Waals surface area contributed by atoms with E-state index in [0.717, 1.165) is 74.8 Å². The number of benzene rings is 6. The third kappa shape index (κ3) is 6.59. The molecule has 0 spiro atoms. The number of hydrogen-bond acceptors (Lipinski definition) is 6. The summed E-state index contributed by atoms with van der Waals surface area (Å²) in [7, 11) is 0. The van der Waals surface area contributed by atoms with Gasteiger partial charge in [-0.25, -0.2) is 0 Å². The summed E-state index contributed by atoms with van der Waals surface area (Å²) in [5, 5.41) is 4.64. The molecule has 6 heteroatoms. The van der Waals surface area contributed by atoms with Crippen molar-refractivity contribution in [3.05, 3.63) is 144 Å². The van der Waals surface area contributed by atoms with E-state index in [9.17, 15) is 0 Å². The van der Waals surface area contributed by atoms with Gasteiger partial charge in [0, 0.05) is 10.8 Å². The van der Waals surface area contributed by atoms with Crippen molar-refractivity contribution in [2.24, 2.45) is 10.8 Å². The minimum atomic E-state index is -0.503. The molecule has 6 nitrogen and oxygen atoms in total. The second kappa shape index (κ2) is 15.1. The van der Waals surface area contributed by atoms with Crippen molar-refractivity contribution < 1.29 is 28.4 Å². The third-order valence-electron chi connectivity index (χ3n) is 12.4. The average molecular weight is 735 g/mol. The molecule has 6 aromatic carbocycles. The summed E-state index contributed by atoms with van der Waals surface area (Å²) in [4.78, 5) is 0. The van der Waals surface area contributed by atoms with Crippen molar-refractivity contribution in [2.45, 2.75) is 32.1 Å². The van der Waals surface area contributed by atoms with Gasteiger partial charge in [-0.15, -0.1) is 0 Å². The summed E-state index contributed by atoms with van der Waals surface area (Å²) in [6, 6.07) is 44.5. The van der Waals surface area contributed by atoms with E-state index in [1.165, 1.54) is 44.2 Å². The van der Waals surface area contributed by atoms with Crippen LogP contribution in [-0.4, -0.2) is 66.1 Å². The van der Waals surface area contributed by atoms with E-state index in [4.69, 9.17) is 28.4 Å². The number of hydrogen-bond donors (Lipinski definition) is 0. The molecule has 55 heavy (non-hydrogen) atoms. The van der Waals surface area contributed by atoms with Crippen LogP contribution in [0.25, 0.3) is 32.7 Å². The molecular weight excluding hydrogens is 685 g/mol. The molecule has 0 bridgehead atoms. The fourth-order valence-electron chi connectivity index (χ4n) is 8.69. The minimum absolute atomic E-state index is 0.184. The summed E-state index contributed by atoms with van der Waals surface area (Å²) in [5.74, 6) is 1.71. The Morgan fingerprint density at radius 2 is 0.891 bits per heavy atom. The van der Waals surface area contributed by atoms with Gasteiger partial charge in [0.05, 0.1) is 58.3 Å². The van der Waals surface area contributed by atoms with Gasteiger partial charge >= 0.3 is 0 Å². The van der Waals surface area contributed by atoms with Gasteiger partial charge in [0.1, 0.15) is 24.7 Å². The maximum absolute atomic E-state index is 6.16. The molecule has 1 aliphatic carbocycles. The van der Waals surface area contributed by atoms with Gasteiger partial charge in [-0.1, -0.05) is 98.8 Å². The van der Waals surface area contributed by atoms with Crippen LogP contribution in [0.1, 0.15) is 48.9 Å². The molecule has 9 rings (SSSR count). The topological polar surface area (TPSA) is 55.4 Å². The van der Waals surface area contributed by atoms with Crippen LogP contribution in [0.2, 0.25) is 0 Å². The lowest BCUT2D eigenvalue weighted by Crippen LogP contribution is -2.45. The van der Waals surface area contributed by atoms with Gasteiger partial charge in [-0.2, -0.15) is 0 Å². The van der Waals surface area contributed by atoms with Crippen LogP contribution in [-0.2, 0) is 24.4 Å². The summed E-state index contributed by atoms with van der Waals surface area (Å²) in [6.45, 7) is 11.2. The summed E-state index contributed by atoms with van der Waals surface area (Å²) in [6.07, 6.45) is 2.15. The Morgan fingerprint density at radius 3 is 1.31 bits per heavy atom. The molecular formula is C49H50O6. The summed E-state index contributed by atoms with van der Waals surface area (Å²) in [5.41, 5.74) is 7.49. The number of fused-ring (bicyclic) bond motifs is 5. The SMILES string of the molecule is CCC1(COCCOc2ccc3cc(C4(c5ccc6cc(OCCOCC7(CC)COC7)ccc6c5)c5ccccc5-c5ccccc54)ccc3c2)COC1. The minimum Gasteiger partial charge on any atom is -0.491 e. The molecule has 282 valence electrons. The molecule has 3 aliphatic rings. The number of rotatable bonds is 16. The van der Waals surface area contributed by atoms with Crippen LogP contribution in [0.4, 0.5) is 0 Å². The van der Waals surface area contributed by atoms with Crippen molar-refractivity contribution in [1.82, 2.24) is 0 Å². The first-order chi connectivity index (χ1) is 27.0. The fraction of sp³-hybridized carbons (Fsp3) is 0.347. The molecule has 0 unspecified atom stereocenters. The van der Waals surface area contributed by atoms with Crippen LogP contribution in [0.5, 0.6) is 11.5 Å². The first-order valence-corrected chi connectivity index (χ1v) is 19.9. The van der Waals surface area contributed by atoms with Gasteiger partial charge in [-0.3, -0.25) is 0 Å². The monoisotopic (exact) mass is 734 g/mol. The molecule has 0 amide bonds. The molecule has 0 N–H and O–H groups in total. The van der Waals surface area contributed by atoms with Gasteiger partial charge in [0.15, 0.2) is 0 Å². The van der Waals surface area contributed by atoms with Crippen molar-refractivity contribution in [1.29, 1.82) is 0 Å². The van der Waals surface area contributed by atoms with Crippen molar-refractivity contribution in [3.8, 4) is 22.6 Å². The van der Waals surface area contributed by atoms with Gasteiger partial charge in [0.2, 0.25) is 0 Å². The van der Waals surface area contributed by atoms with Crippen molar-refractivity contribution in [2.75, 3.05) is 66.1 Å². The average Bonchev–Trinajstić information content (AvgIpc) is 3.50. The van der Waals surface area contributed by atoms with Crippen LogP contribution < -0.4 is 9.47 Å². The van der Waals surface area contributed by atoms with Gasteiger partial charge in [-0.05, 0) is 104 Å². The Kier molecular flexibility index (Phi) is 9.86. The fourth-order valence-corrected chi connectivity index (χ4v) is 8.69. The van der Waals surface area contributed by atoms with Crippen LogP contribution >= 0.6 is 0 Å². The standard InChI is InChI=1S/C49H50O6/c1-3-47(31-52-32-47)29-50-21-23-54-41-19-15-35-25-39(17-13-37(35)27-41)49(45-11-7-5-9-43(45)44-10-6-8-12-46(44)49)40-18-14-38-28-42(20-16-36(38)26-40)55-24-22-51-30-48(4-2)33-53-34-48/h5-20,25-28H,3-4,21-24,29-34H2,1-2H3. The second-order valence-corrected chi connectivity index (χ2v) is 15.8. The zero-order valence-corrected chi connectivity index (χ0v) is 32.0. The van der Waals surface area contributed by atoms with Crippen LogP contribution in [0.15, 0.2) is 121 Å². The second-order valence-electron chi connectivity index (χ2n) is 15.8. The smallest absolute Gasteiger partial charge is 0.120 e. The van der Waals surface area contributed by atoms with Gasteiger partial charge < -0.3 is 28.4 Å². The lowest BCUT2D eigenvalue weighted by atomic mass is 9.67. The molecule has 0 saturated carbocycles.